The van der Waals surface area contributed by atoms with Crippen molar-refractivity contribution in [1.82, 2.24) is 24.9 Å². The average molecular weight is 401 g/mol. The Labute approximate surface area is 167 Å². The molecule has 1 amide bonds. The number of thioether (sulfide) groups is 1. The molecule has 2 aromatic rings. The van der Waals surface area contributed by atoms with Crippen LogP contribution in [-0.2, 0) is 18.7 Å². The lowest BCUT2D eigenvalue weighted by Crippen LogP contribution is -2.41. The Morgan fingerprint density at radius 1 is 1.32 bits per heavy atom. The van der Waals surface area contributed by atoms with Crippen molar-refractivity contribution in [2.75, 3.05) is 31.3 Å². The molecule has 0 saturated carbocycles. The highest BCUT2D eigenvalue weighted by Gasteiger charge is 2.31. The number of hydrogen-bond donors (Lipinski definition) is 0. The number of hydrogen-bond acceptors (Lipinski definition) is 7. The summed E-state index contributed by atoms with van der Waals surface area (Å²) in [7, 11) is 3.76. The van der Waals surface area contributed by atoms with E-state index in [1.54, 1.807) is 18.2 Å². The van der Waals surface area contributed by atoms with Crippen LogP contribution in [0.1, 0.15) is 34.6 Å². The van der Waals surface area contributed by atoms with Crippen LogP contribution in [0.2, 0.25) is 0 Å². The highest BCUT2D eigenvalue weighted by molar-refractivity contribution is 7.98. The molecule has 2 aliphatic rings. The summed E-state index contributed by atoms with van der Waals surface area (Å²) in [6, 6.07) is 5.16. The van der Waals surface area contributed by atoms with Gasteiger partial charge in [0, 0.05) is 38.9 Å². The van der Waals surface area contributed by atoms with E-state index in [1.165, 1.54) is 4.68 Å². The number of carbonyl (C=O) groups excluding carboxylic acids is 1. The van der Waals surface area contributed by atoms with Crippen molar-refractivity contribution in [2.45, 2.75) is 37.6 Å². The highest BCUT2D eigenvalue weighted by Crippen LogP contribution is 2.23. The number of nitrogens with zero attached hydrogens (tertiary/aromatic N) is 6. The second-order valence-corrected chi connectivity index (χ2v) is 8.51. The fraction of sp³-hybridized carbons (Fsp3) is 0.526. The summed E-state index contributed by atoms with van der Waals surface area (Å²) in [6.07, 6.45) is 2.66. The van der Waals surface area contributed by atoms with Crippen LogP contribution in [0.25, 0.3) is 0 Å². The number of rotatable bonds is 4. The van der Waals surface area contributed by atoms with Crippen LogP contribution in [0.15, 0.2) is 23.0 Å². The zero-order valence-corrected chi connectivity index (χ0v) is 17.0. The molecule has 9 heteroatoms. The molecule has 0 aliphatic carbocycles. The average Bonchev–Trinajstić information content (AvgIpc) is 3.16. The van der Waals surface area contributed by atoms with Gasteiger partial charge in [0.05, 0.1) is 18.3 Å². The molecule has 28 heavy (non-hydrogen) atoms. The summed E-state index contributed by atoms with van der Waals surface area (Å²) in [5.41, 5.74) is 2.31. The third kappa shape index (κ3) is 3.76. The first kappa shape index (κ1) is 18.9. The van der Waals surface area contributed by atoms with Gasteiger partial charge in [0.1, 0.15) is 0 Å². The van der Waals surface area contributed by atoms with Gasteiger partial charge in [-0.25, -0.2) is 4.68 Å². The zero-order valence-electron chi connectivity index (χ0n) is 16.2. The summed E-state index contributed by atoms with van der Waals surface area (Å²) in [4.78, 5) is 29.1. The Hall–Kier alpha value is -2.42. The SMILES string of the molecule is CN(C)c1ccc(C(=O)N2CCCC2Cn2nc3c(cc2=O)CSCC3)nn1. The molecule has 0 bridgehead atoms. The second kappa shape index (κ2) is 7.90. The first-order valence-corrected chi connectivity index (χ1v) is 10.7. The number of fused-ring (bicyclic) bond motifs is 1. The minimum Gasteiger partial charge on any atom is -0.361 e. The van der Waals surface area contributed by atoms with Crippen LogP contribution in [-0.4, -0.2) is 63.2 Å². The first-order chi connectivity index (χ1) is 13.5. The minimum atomic E-state index is -0.136. The van der Waals surface area contributed by atoms with Gasteiger partial charge in [-0.1, -0.05) is 0 Å². The normalized spacial score (nSPS) is 18.8. The highest BCUT2D eigenvalue weighted by atomic mass is 32.2. The van der Waals surface area contributed by atoms with Gasteiger partial charge in [-0.15, -0.1) is 10.2 Å². The topological polar surface area (TPSA) is 84.2 Å². The largest absolute Gasteiger partial charge is 0.361 e. The summed E-state index contributed by atoms with van der Waals surface area (Å²) < 4.78 is 1.53. The zero-order chi connectivity index (χ0) is 19.7. The Morgan fingerprint density at radius 2 is 2.18 bits per heavy atom. The molecule has 0 radical (unpaired) electrons. The lowest BCUT2D eigenvalue weighted by atomic mass is 10.2. The molecule has 1 saturated heterocycles. The molecule has 2 aromatic heterocycles. The van der Waals surface area contributed by atoms with Crippen LogP contribution < -0.4 is 10.5 Å². The van der Waals surface area contributed by atoms with E-state index in [4.69, 9.17) is 0 Å². The molecule has 4 rings (SSSR count). The third-order valence-electron chi connectivity index (χ3n) is 5.25. The molecule has 8 nitrogen and oxygen atoms in total. The minimum absolute atomic E-state index is 0.0518. The smallest absolute Gasteiger partial charge is 0.274 e. The fourth-order valence-electron chi connectivity index (χ4n) is 3.70. The number of aromatic nitrogens is 4. The number of likely N-dealkylation sites (tertiary alicyclic amines) is 1. The van der Waals surface area contributed by atoms with Crippen molar-refractivity contribution < 1.29 is 4.79 Å². The van der Waals surface area contributed by atoms with Gasteiger partial charge < -0.3 is 9.80 Å². The van der Waals surface area contributed by atoms with Gasteiger partial charge in [0.15, 0.2) is 11.5 Å². The molecule has 4 heterocycles. The van der Waals surface area contributed by atoms with Crippen molar-refractivity contribution in [3.63, 3.8) is 0 Å². The van der Waals surface area contributed by atoms with Crippen molar-refractivity contribution in [1.29, 1.82) is 0 Å². The monoisotopic (exact) mass is 400 g/mol. The molecular weight excluding hydrogens is 376 g/mol. The third-order valence-corrected chi connectivity index (χ3v) is 6.26. The Kier molecular flexibility index (Phi) is 5.34. The maximum absolute atomic E-state index is 12.9. The van der Waals surface area contributed by atoms with Gasteiger partial charge in [-0.2, -0.15) is 16.9 Å². The lowest BCUT2D eigenvalue weighted by molar-refractivity contribution is 0.0713. The first-order valence-electron chi connectivity index (χ1n) is 9.52. The van der Waals surface area contributed by atoms with Crippen LogP contribution >= 0.6 is 11.8 Å². The summed E-state index contributed by atoms with van der Waals surface area (Å²) >= 11 is 1.83. The predicted octanol–water partition coefficient (Wildman–Crippen LogP) is 1.19. The molecule has 1 fully saturated rings. The van der Waals surface area contributed by atoms with Gasteiger partial charge in [-0.3, -0.25) is 9.59 Å². The van der Waals surface area contributed by atoms with Crippen molar-refractivity contribution in [3.05, 3.63) is 45.5 Å². The van der Waals surface area contributed by atoms with E-state index in [-0.39, 0.29) is 17.5 Å². The van der Waals surface area contributed by atoms with Crippen LogP contribution in [0.4, 0.5) is 5.82 Å². The summed E-state index contributed by atoms with van der Waals surface area (Å²) in [5, 5.41) is 12.8. The fourth-order valence-corrected chi connectivity index (χ4v) is 4.65. The van der Waals surface area contributed by atoms with E-state index >= 15 is 0 Å². The van der Waals surface area contributed by atoms with Crippen LogP contribution in [0.3, 0.4) is 0 Å². The molecule has 0 spiro atoms. The van der Waals surface area contributed by atoms with Crippen molar-refractivity contribution in [3.8, 4) is 0 Å². The number of carbonyl (C=O) groups is 1. The maximum Gasteiger partial charge on any atom is 0.274 e. The van der Waals surface area contributed by atoms with E-state index in [0.717, 1.165) is 42.0 Å². The van der Waals surface area contributed by atoms with Crippen LogP contribution in [0.5, 0.6) is 0 Å². The molecule has 0 N–H and O–H groups in total. The quantitative estimate of drug-likeness (QED) is 0.762. The van der Waals surface area contributed by atoms with E-state index in [0.29, 0.717) is 24.6 Å². The maximum atomic E-state index is 12.9. The lowest BCUT2D eigenvalue weighted by Gasteiger charge is -2.25. The Morgan fingerprint density at radius 3 is 2.93 bits per heavy atom. The van der Waals surface area contributed by atoms with E-state index in [9.17, 15) is 9.59 Å². The van der Waals surface area contributed by atoms with Gasteiger partial charge >= 0.3 is 0 Å². The van der Waals surface area contributed by atoms with E-state index < -0.39 is 0 Å². The number of aryl methyl sites for hydroxylation is 1. The Bertz CT molecular complexity index is 927. The molecule has 148 valence electrons. The van der Waals surface area contributed by atoms with Gasteiger partial charge in [0.2, 0.25) is 0 Å². The molecule has 2 aliphatic heterocycles. The van der Waals surface area contributed by atoms with Crippen molar-refractivity contribution >= 4 is 23.5 Å². The summed E-state index contributed by atoms with van der Waals surface area (Å²) in [5.74, 6) is 2.46. The molecule has 1 atom stereocenters. The molecular formula is C19H24N6O2S. The summed E-state index contributed by atoms with van der Waals surface area (Å²) in [6.45, 7) is 1.09. The Balaban J connectivity index is 1.52. The molecule has 0 aromatic carbocycles. The van der Waals surface area contributed by atoms with Gasteiger partial charge in [-0.05, 0) is 36.3 Å². The van der Waals surface area contributed by atoms with Gasteiger partial charge in [0.25, 0.3) is 11.5 Å². The van der Waals surface area contributed by atoms with E-state index in [2.05, 4.69) is 15.3 Å². The second-order valence-electron chi connectivity index (χ2n) is 7.41. The molecule has 1 unspecified atom stereocenters. The number of amides is 1. The standard InChI is InChI=1S/C19H24N6O2S/c1-23(2)17-6-5-16(20-21-17)19(27)24-8-3-4-14(24)11-25-18(26)10-13-12-28-9-7-15(13)22-25/h5-6,10,14H,3-4,7-9,11-12H2,1-2H3. The number of anilines is 1. The predicted molar refractivity (Wildman–Crippen MR) is 109 cm³/mol. The van der Waals surface area contributed by atoms with Crippen LogP contribution in [0, 0.1) is 0 Å². The van der Waals surface area contributed by atoms with E-state index in [1.807, 2.05) is 35.7 Å². The van der Waals surface area contributed by atoms with Crippen molar-refractivity contribution in [2.24, 2.45) is 0 Å².